The minimum Gasteiger partial charge on any atom is -0.455 e. The largest absolute Gasteiger partial charge is 0.455 e. The van der Waals surface area contributed by atoms with Crippen LogP contribution in [-0.2, 0) is 11.2 Å². The molecule has 0 saturated heterocycles. The summed E-state index contributed by atoms with van der Waals surface area (Å²) in [5, 5.41) is 6.83. The Morgan fingerprint density at radius 2 is 2.00 bits per heavy atom. The van der Waals surface area contributed by atoms with E-state index in [-0.39, 0.29) is 12.3 Å². The Morgan fingerprint density at radius 3 is 2.83 bits per heavy atom. The molecule has 0 bridgehead atoms. The number of aromatic nitrogens is 3. The molecule has 0 spiro atoms. The number of para-hydroxylation sites is 2. The fourth-order valence-corrected chi connectivity index (χ4v) is 2.87. The first-order valence-electron chi connectivity index (χ1n) is 9.54. The van der Waals surface area contributed by atoms with Gasteiger partial charge in [0.05, 0.1) is 5.69 Å². The molecule has 1 amide bonds. The van der Waals surface area contributed by atoms with Crippen molar-refractivity contribution in [2.45, 2.75) is 19.8 Å². The van der Waals surface area contributed by atoms with Crippen molar-refractivity contribution in [3.05, 3.63) is 84.5 Å². The van der Waals surface area contributed by atoms with Gasteiger partial charge >= 0.3 is 0 Å². The molecule has 0 atom stereocenters. The van der Waals surface area contributed by atoms with Crippen molar-refractivity contribution in [3.63, 3.8) is 0 Å². The summed E-state index contributed by atoms with van der Waals surface area (Å²) >= 11 is 0. The Labute approximate surface area is 173 Å². The van der Waals surface area contributed by atoms with Gasteiger partial charge < -0.3 is 14.6 Å². The Morgan fingerprint density at radius 1 is 1.10 bits per heavy atom. The third-order valence-electron chi connectivity index (χ3n) is 4.33. The van der Waals surface area contributed by atoms with Gasteiger partial charge in [0.15, 0.2) is 5.75 Å². The Hall–Kier alpha value is -4.00. The molecule has 0 aliphatic rings. The van der Waals surface area contributed by atoms with Crippen molar-refractivity contribution in [2.75, 3.05) is 5.32 Å². The lowest BCUT2D eigenvalue weighted by atomic mass is 10.2. The molecule has 1 N–H and O–H groups in total. The van der Waals surface area contributed by atoms with E-state index in [2.05, 4.69) is 20.4 Å². The highest BCUT2D eigenvalue weighted by atomic mass is 16.5. The number of anilines is 1. The molecule has 30 heavy (non-hydrogen) atoms. The number of rotatable bonds is 7. The van der Waals surface area contributed by atoms with E-state index < -0.39 is 0 Å². The van der Waals surface area contributed by atoms with E-state index in [4.69, 9.17) is 9.26 Å². The number of nitrogens with one attached hydrogen (secondary N) is 1. The lowest BCUT2D eigenvalue weighted by Crippen LogP contribution is -2.13. The summed E-state index contributed by atoms with van der Waals surface area (Å²) < 4.78 is 11.2. The van der Waals surface area contributed by atoms with Gasteiger partial charge in [-0.25, -0.2) is 0 Å². The maximum Gasteiger partial charge on any atom is 0.227 e. The third kappa shape index (κ3) is 4.88. The van der Waals surface area contributed by atoms with Crippen LogP contribution in [0.25, 0.3) is 11.4 Å². The molecule has 0 saturated carbocycles. The summed E-state index contributed by atoms with van der Waals surface area (Å²) in [5.41, 5.74) is 2.46. The molecule has 0 radical (unpaired) electrons. The lowest BCUT2D eigenvalue weighted by molar-refractivity contribution is -0.116. The number of carbonyl (C=O) groups is 1. The van der Waals surface area contributed by atoms with E-state index in [0.717, 1.165) is 11.1 Å². The summed E-state index contributed by atoms with van der Waals surface area (Å²) in [6, 6.07) is 18.7. The average Bonchev–Trinajstić information content (AvgIpc) is 3.24. The number of aryl methyl sites for hydroxylation is 2. The molecule has 2 aromatic heterocycles. The molecule has 4 rings (SSSR count). The molecule has 0 aliphatic heterocycles. The minimum absolute atomic E-state index is 0.170. The normalized spacial score (nSPS) is 10.6. The number of nitrogens with zero attached hydrogens (tertiary/aromatic N) is 3. The van der Waals surface area contributed by atoms with E-state index in [1.807, 2.05) is 55.5 Å². The van der Waals surface area contributed by atoms with Crippen LogP contribution in [0.15, 0.2) is 77.6 Å². The van der Waals surface area contributed by atoms with Crippen molar-refractivity contribution in [1.82, 2.24) is 15.1 Å². The number of hydrogen-bond donors (Lipinski definition) is 1. The molecule has 150 valence electrons. The fraction of sp³-hybridized carbons (Fsp3) is 0.130. The molecule has 7 heteroatoms. The Kier molecular flexibility index (Phi) is 5.80. The first kappa shape index (κ1) is 19.3. The van der Waals surface area contributed by atoms with Crippen LogP contribution in [0.1, 0.15) is 17.9 Å². The summed E-state index contributed by atoms with van der Waals surface area (Å²) in [6.45, 7) is 2.00. The van der Waals surface area contributed by atoms with Gasteiger partial charge in [-0.3, -0.25) is 9.78 Å². The molecule has 7 nitrogen and oxygen atoms in total. The van der Waals surface area contributed by atoms with Gasteiger partial charge in [-0.1, -0.05) is 29.4 Å². The van der Waals surface area contributed by atoms with E-state index in [9.17, 15) is 4.79 Å². The van der Waals surface area contributed by atoms with E-state index >= 15 is 0 Å². The fourth-order valence-electron chi connectivity index (χ4n) is 2.87. The van der Waals surface area contributed by atoms with Gasteiger partial charge in [-0.05, 0) is 48.9 Å². The van der Waals surface area contributed by atoms with Gasteiger partial charge in [-0.15, -0.1) is 0 Å². The Balaban J connectivity index is 1.37. The maximum absolute atomic E-state index is 12.5. The molecular formula is C23H20N4O3. The molecule has 2 heterocycles. The van der Waals surface area contributed by atoms with Crippen LogP contribution < -0.4 is 10.1 Å². The van der Waals surface area contributed by atoms with E-state index in [0.29, 0.717) is 35.3 Å². The highest BCUT2D eigenvalue weighted by molar-refractivity contribution is 5.92. The maximum atomic E-state index is 12.5. The second kappa shape index (κ2) is 9.00. The minimum atomic E-state index is -0.170. The quantitative estimate of drug-likeness (QED) is 0.479. The zero-order chi connectivity index (χ0) is 20.8. The summed E-state index contributed by atoms with van der Waals surface area (Å²) in [4.78, 5) is 20.8. The zero-order valence-electron chi connectivity index (χ0n) is 16.4. The zero-order valence-corrected chi connectivity index (χ0v) is 16.4. The molecule has 0 unspecified atom stereocenters. The smallest absolute Gasteiger partial charge is 0.227 e. The van der Waals surface area contributed by atoms with Crippen LogP contribution in [0.2, 0.25) is 0 Å². The topological polar surface area (TPSA) is 90.1 Å². The number of ether oxygens (including phenoxy) is 1. The van der Waals surface area contributed by atoms with Crippen LogP contribution in [0.3, 0.4) is 0 Å². The average molecular weight is 400 g/mol. The Bertz CT molecular complexity index is 1140. The van der Waals surface area contributed by atoms with E-state index in [1.165, 1.54) is 0 Å². The number of hydrogen-bond acceptors (Lipinski definition) is 6. The molecular weight excluding hydrogens is 380 g/mol. The SMILES string of the molecule is Cc1cccc(Oc2ccccc2NC(=O)CCc2nc(-c3cccnc3)no2)c1. The van der Waals surface area contributed by atoms with Crippen LogP contribution in [0, 0.1) is 6.92 Å². The molecule has 4 aromatic rings. The monoisotopic (exact) mass is 400 g/mol. The predicted octanol–water partition coefficient (Wildman–Crippen LogP) is 4.80. The van der Waals surface area contributed by atoms with Gasteiger partial charge in [-0.2, -0.15) is 4.98 Å². The van der Waals surface area contributed by atoms with E-state index in [1.54, 1.807) is 24.5 Å². The number of pyridine rings is 1. The van der Waals surface area contributed by atoms with Crippen molar-refractivity contribution < 1.29 is 14.1 Å². The third-order valence-corrected chi connectivity index (χ3v) is 4.33. The standard InChI is InChI=1S/C23H20N4O3/c1-16-6-4-8-18(14-16)29-20-10-3-2-9-19(20)25-21(28)11-12-22-26-23(27-30-22)17-7-5-13-24-15-17/h2-10,13-15H,11-12H2,1H3,(H,25,28). The van der Waals surface area contributed by atoms with Crippen molar-refractivity contribution >= 4 is 11.6 Å². The second-order valence-electron chi connectivity index (χ2n) is 6.72. The highest BCUT2D eigenvalue weighted by Gasteiger charge is 2.13. The van der Waals surface area contributed by atoms with Gasteiger partial charge in [0.25, 0.3) is 0 Å². The number of carbonyl (C=O) groups excluding carboxylic acids is 1. The molecule has 0 fully saturated rings. The van der Waals surface area contributed by atoms with Crippen LogP contribution in [-0.4, -0.2) is 21.0 Å². The number of amides is 1. The van der Waals surface area contributed by atoms with Gasteiger partial charge in [0.1, 0.15) is 5.75 Å². The second-order valence-corrected chi connectivity index (χ2v) is 6.72. The highest BCUT2D eigenvalue weighted by Crippen LogP contribution is 2.29. The summed E-state index contributed by atoms with van der Waals surface area (Å²) in [7, 11) is 0. The predicted molar refractivity (Wildman–Crippen MR) is 112 cm³/mol. The van der Waals surface area contributed by atoms with Crippen LogP contribution in [0.5, 0.6) is 11.5 Å². The van der Waals surface area contributed by atoms with Crippen molar-refractivity contribution in [1.29, 1.82) is 0 Å². The summed E-state index contributed by atoms with van der Waals surface area (Å²) in [5.74, 6) is 1.97. The lowest BCUT2D eigenvalue weighted by Gasteiger charge is -2.12. The first-order chi connectivity index (χ1) is 14.7. The van der Waals surface area contributed by atoms with Crippen molar-refractivity contribution in [2.24, 2.45) is 0 Å². The summed E-state index contributed by atoms with van der Waals surface area (Å²) in [6.07, 6.45) is 3.87. The molecule has 0 aliphatic carbocycles. The van der Waals surface area contributed by atoms with Crippen molar-refractivity contribution in [3.8, 4) is 22.9 Å². The first-order valence-corrected chi connectivity index (χ1v) is 9.54. The van der Waals surface area contributed by atoms with Crippen LogP contribution >= 0.6 is 0 Å². The van der Waals surface area contributed by atoms with Crippen LogP contribution in [0.4, 0.5) is 5.69 Å². The number of benzene rings is 2. The molecule has 2 aromatic carbocycles. The van der Waals surface area contributed by atoms with Gasteiger partial charge in [0, 0.05) is 30.8 Å². The van der Waals surface area contributed by atoms with Gasteiger partial charge in [0.2, 0.25) is 17.6 Å².